The van der Waals surface area contributed by atoms with Gasteiger partial charge >= 0.3 is 0 Å². The molecule has 3 N–H and O–H groups in total. The summed E-state index contributed by atoms with van der Waals surface area (Å²) >= 11 is 11.6. The molecule has 0 amide bonds. The van der Waals surface area contributed by atoms with Crippen LogP contribution in [0.3, 0.4) is 0 Å². The molecule has 2 atom stereocenters. The van der Waals surface area contributed by atoms with Crippen molar-refractivity contribution in [3.63, 3.8) is 0 Å². The number of hydrogen-bond donors (Lipinski definition) is 1. The van der Waals surface area contributed by atoms with Crippen LogP contribution in [0.25, 0.3) is 10.8 Å². The molecule has 0 bridgehead atoms. The van der Waals surface area contributed by atoms with Crippen molar-refractivity contribution >= 4 is 39.9 Å². The van der Waals surface area contributed by atoms with E-state index in [2.05, 4.69) is 5.73 Å². The molecule has 0 fully saturated rings. The highest BCUT2D eigenvalue weighted by Gasteiger charge is 2.08. The van der Waals surface area contributed by atoms with Gasteiger partial charge in [-0.1, -0.05) is 60.5 Å². The second-order valence-corrected chi connectivity index (χ2v) is 7.42. The quantitative estimate of drug-likeness (QED) is 0.693. The van der Waals surface area contributed by atoms with Crippen molar-refractivity contribution in [2.75, 3.05) is 7.11 Å². The van der Waals surface area contributed by atoms with Crippen LogP contribution in [0.15, 0.2) is 54.6 Å². The first-order chi connectivity index (χ1) is 13.2. The summed E-state index contributed by atoms with van der Waals surface area (Å²) in [6, 6.07) is 16.9. The molecule has 0 saturated carbocycles. The zero-order valence-corrected chi connectivity index (χ0v) is 17.6. The Bertz CT molecular complexity index is 973. The second kappa shape index (κ2) is 9.78. The topological polar surface area (TPSA) is 77.0 Å². The van der Waals surface area contributed by atoms with E-state index in [1.54, 1.807) is 20.1 Å². The number of carbonyl (C=O) groups is 1. The van der Waals surface area contributed by atoms with E-state index < -0.39 is 11.9 Å². The summed E-state index contributed by atoms with van der Waals surface area (Å²) in [4.78, 5) is 10.8. The lowest BCUT2D eigenvalue weighted by Crippen LogP contribution is -2.51. The second-order valence-electron chi connectivity index (χ2n) is 6.58. The predicted octanol–water partition coefficient (Wildman–Crippen LogP) is 4.00. The number of fused-ring (bicyclic) bond motifs is 1. The van der Waals surface area contributed by atoms with E-state index in [1.165, 1.54) is 0 Å². The summed E-state index contributed by atoms with van der Waals surface area (Å²) in [5, 5.41) is 14.2. The minimum atomic E-state index is -1.06. The highest BCUT2D eigenvalue weighted by atomic mass is 35.5. The van der Waals surface area contributed by atoms with Crippen LogP contribution in [0, 0.1) is 0 Å². The Labute approximate surface area is 174 Å². The molecule has 28 heavy (non-hydrogen) atoms. The van der Waals surface area contributed by atoms with Crippen molar-refractivity contribution in [1.29, 1.82) is 0 Å². The molecule has 0 aliphatic heterocycles. The third kappa shape index (κ3) is 5.61. The molecule has 0 saturated heterocycles. The van der Waals surface area contributed by atoms with Crippen LogP contribution in [0.2, 0.25) is 10.0 Å². The van der Waals surface area contributed by atoms with Crippen molar-refractivity contribution in [2.24, 2.45) is 0 Å². The number of aliphatic carboxylic acids is 1. The number of hydrogen-bond acceptors (Lipinski definition) is 3. The van der Waals surface area contributed by atoms with Gasteiger partial charge in [0.25, 0.3) is 0 Å². The Morgan fingerprint density at radius 2 is 1.64 bits per heavy atom. The Hall–Kier alpha value is -2.27. The Kier molecular flexibility index (Phi) is 7.69. The first kappa shape index (κ1) is 22.0. The zero-order valence-electron chi connectivity index (χ0n) is 16.0. The van der Waals surface area contributed by atoms with Crippen LogP contribution in [0.4, 0.5) is 0 Å². The van der Waals surface area contributed by atoms with Crippen LogP contribution in [0.1, 0.15) is 36.9 Å². The van der Waals surface area contributed by atoms with Crippen molar-refractivity contribution in [3.8, 4) is 5.75 Å². The van der Waals surface area contributed by atoms with Crippen LogP contribution >= 0.6 is 23.2 Å². The molecule has 148 valence electrons. The minimum absolute atomic E-state index is 0.208. The van der Waals surface area contributed by atoms with E-state index in [9.17, 15) is 9.90 Å². The fraction of sp³-hybridized carbons (Fsp3) is 0.227. The lowest BCUT2D eigenvalue weighted by molar-refractivity contribution is -0.420. The molecule has 6 heteroatoms. The number of halogens is 2. The van der Waals surface area contributed by atoms with Gasteiger partial charge < -0.3 is 20.4 Å². The molecule has 0 heterocycles. The smallest absolute Gasteiger partial charge is 0.119 e. The molecule has 0 radical (unpaired) electrons. The van der Waals surface area contributed by atoms with Gasteiger partial charge in [0.2, 0.25) is 0 Å². The number of carbonyl (C=O) groups excluding carboxylic acids is 1. The zero-order chi connectivity index (χ0) is 20.8. The molecule has 3 aromatic rings. The third-order valence-corrected chi connectivity index (χ3v) is 4.98. The lowest BCUT2D eigenvalue weighted by Gasteiger charge is -2.13. The fourth-order valence-electron chi connectivity index (χ4n) is 2.68. The predicted molar refractivity (Wildman–Crippen MR) is 112 cm³/mol. The van der Waals surface area contributed by atoms with E-state index in [-0.39, 0.29) is 6.04 Å². The summed E-state index contributed by atoms with van der Waals surface area (Å²) in [7, 11) is 1.62. The van der Waals surface area contributed by atoms with Gasteiger partial charge in [0.1, 0.15) is 11.8 Å². The van der Waals surface area contributed by atoms with Crippen molar-refractivity contribution in [1.82, 2.24) is 0 Å². The van der Waals surface area contributed by atoms with Crippen LogP contribution < -0.4 is 15.6 Å². The Balaban J connectivity index is 0.000000221. The van der Waals surface area contributed by atoms with E-state index in [1.807, 2.05) is 55.5 Å². The average Bonchev–Trinajstić information content (AvgIpc) is 2.66. The molecule has 4 nitrogen and oxygen atoms in total. The van der Waals surface area contributed by atoms with Crippen molar-refractivity contribution in [3.05, 3.63) is 75.8 Å². The molecular formula is C22H23Cl2NO3. The largest absolute Gasteiger partial charge is 0.550 e. The van der Waals surface area contributed by atoms with Crippen LogP contribution in [-0.4, -0.2) is 13.1 Å². The molecule has 0 spiro atoms. The van der Waals surface area contributed by atoms with Gasteiger partial charge in [-0.3, -0.25) is 0 Å². The van der Waals surface area contributed by atoms with Gasteiger partial charge in [-0.25, -0.2) is 0 Å². The molecular weight excluding hydrogens is 397 g/mol. The number of methoxy groups -OCH3 is 1. The van der Waals surface area contributed by atoms with Gasteiger partial charge in [-0.15, -0.1) is 0 Å². The maximum atomic E-state index is 10.8. The van der Waals surface area contributed by atoms with E-state index in [4.69, 9.17) is 27.9 Å². The van der Waals surface area contributed by atoms with E-state index >= 15 is 0 Å². The van der Waals surface area contributed by atoms with Crippen LogP contribution in [0.5, 0.6) is 5.75 Å². The summed E-state index contributed by atoms with van der Waals surface area (Å²) in [6.45, 7) is 3.62. The first-order valence-corrected chi connectivity index (χ1v) is 9.55. The molecule has 0 aromatic heterocycles. The maximum Gasteiger partial charge on any atom is 0.119 e. The number of carboxylic acid groups (broad SMARTS) is 1. The molecule has 3 aromatic carbocycles. The minimum Gasteiger partial charge on any atom is -0.550 e. The third-order valence-electron chi connectivity index (χ3n) is 4.42. The van der Waals surface area contributed by atoms with E-state index in [0.717, 1.165) is 27.6 Å². The van der Waals surface area contributed by atoms with E-state index in [0.29, 0.717) is 10.0 Å². The molecule has 3 rings (SSSR count). The number of carboxylic acids is 1. The highest BCUT2D eigenvalue weighted by Crippen LogP contribution is 2.25. The molecule has 0 aliphatic carbocycles. The van der Waals surface area contributed by atoms with Gasteiger partial charge in [0, 0.05) is 22.5 Å². The van der Waals surface area contributed by atoms with Gasteiger partial charge in [-0.05, 0) is 47.5 Å². The summed E-state index contributed by atoms with van der Waals surface area (Å²) < 4.78 is 5.13. The molecule has 0 aliphatic rings. The van der Waals surface area contributed by atoms with Crippen molar-refractivity contribution < 1.29 is 20.4 Å². The van der Waals surface area contributed by atoms with Gasteiger partial charge in [-0.2, -0.15) is 0 Å². The first-order valence-electron chi connectivity index (χ1n) is 8.79. The SMILES string of the molecule is COc1ccc2cc([C@@H](C)C(=O)[O-])ccc2c1.C[C@@H]([NH3+])c1ccc(Cl)cc1Cl. The normalized spacial score (nSPS) is 12.6. The number of quaternary nitrogens is 1. The highest BCUT2D eigenvalue weighted by molar-refractivity contribution is 6.35. The Morgan fingerprint density at radius 3 is 2.21 bits per heavy atom. The standard InChI is InChI=1S/C14H14O3.C8H9Cl2N/c1-9(14(15)16)10-3-4-12-8-13(17-2)6-5-11(12)7-10;1-5(11)7-3-2-6(9)4-8(7)10/h3-9H,1-2H3,(H,15,16);2-5H,11H2,1H3/t9-;5-/m11/s1. The monoisotopic (exact) mass is 419 g/mol. The number of ether oxygens (including phenoxy) is 1. The maximum absolute atomic E-state index is 10.8. The fourth-order valence-corrected chi connectivity index (χ4v) is 3.27. The lowest BCUT2D eigenvalue weighted by atomic mass is 9.98. The summed E-state index contributed by atoms with van der Waals surface area (Å²) in [5.41, 5.74) is 5.66. The number of benzene rings is 3. The average molecular weight is 420 g/mol. The Morgan fingerprint density at radius 1 is 1.00 bits per heavy atom. The van der Waals surface area contributed by atoms with Crippen molar-refractivity contribution in [2.45, 2.75) is 25.8 Å². The van der Waals surface area contributed by atoms with Gasteiger partial charge in [0.05, 0.1) is 12.1 Å². The summed E-state index contributed by atoms with van der Waals surface area (Å²) in [6.07, 6.45) is 0. The van der Waals surface area contributed by atoms with Crippen LogP contribution in [-0.2, 0) is 4.79 Å². The van der Waals surface area contributed by atoms with Gasteiger partial charge in [0.15, 0.2) is 0 Å². The summed E-state index contributed by atoms with van der Waals surface area (Å²) in [5.74, 6) is -0.863. The molecule has 0 unspecified atom stereocenters. The number of rotatable bonds is 4.